The molecule has 2 aliphatic heterocycles. The van der Waals surface area contributed by atoms with Gasteiger partial charge in [0.15, 0.2) is 0 Å². The lowest BCUT2D eigenvalue weighted by atomic mass is 9.78. The van der Waals surface area contributed by atoms with Crippen LogP contribution in [-0.4, -0.2) is 49.6 Å². The van der Waals surface area contributed by atoms with Crippen molar-refractivity contribution in [3.05, 3.63) is 35.4 Å². The molecule has 1 aromatic carbocycles. The summed E-state index contributed by atoms with van der Waals surface area (Å²) in [7, 11) is -3.14. The zero-order valence-electron chi connectivity index (χ0n) is 15.1. The van der Waals surface area contributed by atoms with E-state index in [1.54, 1.807) is 4.31 Å². The van der Waals surface area contributed by atoms with Gasteiger partial charge < -0.3 is 10.1 Å². The Kier molecular flexibility index (Phi) is 4.57. The molecule has 7 heteroatoms. The monoisotopic (exact) mass is 378 g/mol. The first-order valence-corrected chi connectivity index (χ1v) is 10.9. The second-order valence-electron chi connectivity index (χ2n) is 7.68. The van der Waals surface area contributed by atoms with Gasteiger partial charge in [-0.1, -0.05) is 24.3 Å². The second-order valence-corrected chi connectivity index (χ2v) is 9.89. The van der Waals surface area contributed by atoms with Gasteiger partial charge in [0.05, 0.1) is 17.0 Å². The first kappa shape index (κ1) is 17.9. The van der Waals surface area contributed by atoms with Crippen LogP contribution in [0.25, 0.3) is 0 Å². The van der Waals surface area contributed by atoms with E-state index in [1.165, 1.54) is 18.1 Å². The zero-order chi connectivity index (χ0) is 18.4. The maximum absolute atomic E-state index is 12.5. The second kappa shape index (κ2) is 6.62. The molecule has 1 saturated heterocycles. The van der Waals surface area contributed by atoms with E-state index < -0.39 is 15.6 Å². The van der Waals surface area contributed by atoms with Crippen molar-refractivity contribution in [1.29, 1.82) is 0 Å². The molecule has 1 atom stereocenters. The first-order chi connectivity index (χ1) is 12.4. The lowest BCUT2D eigenvalue weighted by Gasteiger charge is -2.47. The number of piperidine rings is 1. The molecule has 1 unspecified atom stereocenters. The van der Waals surface area contributed by atoms with Gasteiger partial charge in [-0.15, -0.1) is 0 Å². The van der Waals surface area contributed by atoms with E-state index in [0.717, 1.165) is 19.3 Å². The molecule has 1 spiro atoms. The number of fused-ring (bicyclic) bond motifs is 2. The average Bonchev–Trinajstić information content (AvgIpc) is 3.46. The summed E-state index contributed by atoms with van der Waals surface area (Å²) in [4.78, 5) is 11.3. The number of carbonyl (C=O) groups excluding carboxylic acids is 1. The van der Waals surface area contributed by atoms with Gasteiger partial charge >= 0.3 is 0 Å². The topological polar surface area (TPSA) is 75.7 Å². The molecule has 0 radical (unpaired) electrons. The number of rotatable bonds is 4. The Morgan fingerprint density at radius 1 is 1.27 bits per heavy atom. The molecule has 4 rings (SSSR count). The summed E-state index contributed by atoms with van der Waals surface area (Å²) in [6.07, 6.45) is 3.59. The molecule has 2 fully saturated rings. The molecule has 1 saturated carbocycles. The van der Waals surface area contributed by atoms with E-state index in [0.29, 0.717) is 32.5 Å². The minimum atomic E-state index is -3.14. The number of ether oxygens (including phenoxy) is 1. The van der Waals surface area contributed by atoms with Crippen LogP contribution in [0.2, 0.25) is 0 Å². The van der Waals surface area contributed by atoms with Crippen molar-refractivity contribution >= 4 is 15.9 Å². The highest BCUT2D eigenvalue weighted by Gasteiger charge is 2.48. The smallest absolute Gasteiger partial charge is 0.216 e. The van der Waals surface area contributed by atoms with Crippen LogP contribution in [0.15, 0.2) is 24.3 Å². The van der Waals surface area contributed by atoms with Crippen molar-refractivity contribution in [2.24, 2.45) is 0 Å². The number of benzene rings is 1. The Morgan fingerprint density at radius 2 is 1.96 bits per heavy atom. The van der Waals surface area contributed by atoms with Crippen LogP contribution in [0, 0.1) is 0 Å². The molecular formula is C19H26N2O4S. The highest BCUT2D eigenvalue weighted by molar-refractivity contribution is 7.90. The fourth-order valence-electron chi connectivity index (χ4n) is 4.25. The van der Waals surface area contributed by atoms with Crippen LogP contribution in [-0.2, 0) is 31.6 Å². The molecule has 0 bridgehead atoms. The third kappa shape index (κ3) is 3.28. The lowest BCUT2D eigenvalue weighted by Crippen LogP contribution is -2.52. The Balaban J connectivity index is 1.55. The maximum atomic E-state index is 12.5. The number of nitrogens with zero attached hydrogens (tertiary/aromatic N) is 1. The average molecular weight is 378 g/mol. The fraction of sp³-hybridized carbons (Fsp3) is 0.632. The molecule has 1 N–H and O–H groups in total. The van der Waals surface area contributed by atoms with Gasteiger partial charge in [-0.3, -0.25) is 4.79 Å². The van der Waals surface area contributed by atoms with Gasteiger partial charge in [0.2, 0.25) is 15.9 Å². The molecular weight excluding hydrogens is 352 g/mol. The molecule has 6 nitrogen and oxygen atoms in total. The van der Waals surface area contributed by atoms with Gasteiger partial charge in [0.1, 0.15) is 0 Å². The Morgan fingerprint density at radius 3 is 2.62 bits per heavy atom. The van der Waals surface area contributed by atoms with Crippen LogP contribution >= 0.6 is 0 Å². The minimum Gasteiger partial charge on any atom is -0.365 e. The summed E-state index contributed by atoms with van der Waals surface area (Å²) in [5, 5.41) is 2.69. The van der Waals surface area contributed by atoms with E-state index in [1.807, 2.05) is 12.1 Å². The number of carbonyl (C=O) groups is 1. The van der Waals surface area contributed by atoms with Gasteiger partial charge in [0.25, 0.3) is 0 Å². The number of amides is 1. The highest BCUT2D eigenvalue weighted by Crippen LogP contribution is 2.44. The molecule has 1 amide bonds. The summed E-state index contributed by atoms with van der Waals surface area (Å²) >= 11 is 0. The Labute approximate surface area is 155 Å². The Bertz CT molecular complexity index is 796. The van der Waals surface area contributed by atoms with Crippen LogP contribution in [0.1, 0.15) is 43.7 Å². The molecule has 1 aromatic rings. The number of sulfonamides is 1. The van der Waals surface area contributed by atoms with E-state index in [4.69, 9.17) is 4.74 Å². The molecule has 26 heavy (non-hydrogen) atoms. The maximum Gasteiger partial charge on any atom is 0.216 e. The largest absolute Gasteiger partial charge is 0.365 e. The van der Waals surface area contributed by atoms with Crippen molar-refractivity contribution in [1.82, 2.24) is 9.62 Å². The zero-order valence-corrected chi connectivity index (χ0v) is 15.9. The van der Waals surface area contributed by atoms with Crippen LogP contribution in [0.4, 0.5) is 0 Å². The number of hydrogen-bond acceptors (Lipinski definition) is 4. The van der Waals surface area contributed by atoms with Gasteiger partial charge in [-0.25, -0.2) is 12.7 Å². The van der Waals surface area contributed by atoms with Crippen molar-refractivity contribution < 1.29 is 17.9 Å². The Hall–Kier alpha value is -1.44. The molecule has 3 aliphatic rings. The molecule has 1 aliphatic carbocycles. The highest BCUT2D eigenvalue weighted by atomic mass is 32.2. The number of hydrogen-bond donors (Lipinski definition) is 1. The van der Waals surface area contributed by atoms with Crippen molar-refractivity contribution in [3.8, 4) is 0 Å². The van der Waals surface area contributed by atoms with Crippen molar-refractivity contribution in [3.63, 3.8) is 0 Å². The molecule has 0 aromatic heterocycles. The summed E-state index contributed by atoms with van der Waals surface area (Å²) in [6, 6.07) is 8.27. The third-order valence-corrected chi connectivity index (χ3v) is 8.16. The predicted molar refractivity (Wildman–Crippen MR) is 98.1 cm³/mol. The van der Waals surface area contributed by atoms with Gasteiger partial charge in [0, 0.05) is 33.0 Å². The summed E-state index contributed by atoms with van der Waals surface area (Å²) in [5.74, 6) is -0.0631. The quantitative estimate of drug-likeness (QED) is 0.862. The predicted octanol–water partition coefficient (Wildman–Crippen LogP) is 1.55. The summed E-state index contributed by atoms with van der Waals surface area (Å²) in [5.41, 5.74) is 1.98. The third-order valence-electron chi connectivity index (χ3n) is 5.76. The van der Waals surface area contributed by atoms with Gasteiger partial charge in [-0.2, -0.15) is 0 Å². The number of nitrogens with one attached hydrogen (secondary N) is 1. The van der Waals surface area contributed by atoms with Crippen molar-refractivity contribution in [2.45, 2.75) is 56.0 Å². The van der Waals surface area contributed by atoms with E-state index in [2.05, 4.69) is 17.4 Å². The van der Waals surface area contributed by atoms with E-state index in [-0.39, 0.29) is 17.3 Å². The standard InChI is InChI=1S/C19H26N2O4S/c1-14(22)20-13-16-12-15-4-2-3-5-18(15)19(25-16)8-10-21(11-9-19)26(23,24)17-6-7-17/h2-5,16-17H,6-13H2,1H3,(H,20,22). The lowest BCUT2D eigenvalue weighted by molar-refractivity contribution is -0.136. The molecule has 142 valence electrons. The first-order valence-electron chi connectivity index (χ1n) is 9.40. The summed E-state index contributed by atoms with van der Waals surface area (Å²) < 4.78 is 33.2. The minimum absolute atomic E-state index is 0.0631. The van der Waals surface area contributed by atoms with Crippen LogP contribution in [0.5, 0.6) is 0 Å². The normalized spacial score (nSPS) is 25.7. The van der Waals surface area contributed by atoms with Crippen molar-refractivity contribution in [2.75, 3.05) is 19.6 Å². The van der Waals surface area contributed by atoms with E-state index in [9.17, 15) is 13.2 Å². The van der Waals surface area contributed by atoms with Crippen LogP contribution in [0.3, 0.4) is 0 Å². The van der Waals surface area contributed by atoms with E-state index >= 15 is 0 Å². The SMILES string of the molecule is CC(=O)NCC1Cc2ccccc2C2(CCN(S(=O)(=O)C3CC3)CC2)O1. The fourth-order valence-corrected chi connectivity index (χ4v) is 6.09. The molecule has 2 heterocycles. The van der Waals surface area contributed by atoms with Gasteiger partial charge in [-0.05, 0) is 36.8 Å². The summed E-state index contributed by atoms with van der Waals surface area (Å²) in [6.45, 7) is 2.99. The van der Waals surface area contributed by atoms with Crippen LogP contribution < -0.4 is 5.32 Å².